The van der Waals surface area contributed by atoms with Crippen molar-refractivity contribution in [1.29, 1.82) is 0 Å². The summed E-state index contributed by atoms with van der Waals surface area (Å²) in [7, 11) is 0. The molecule has 0 aliphatic carbocycles. The molecule has 0 unspecified atom stereocenters. The number of hydrogen-bond donors (Lipinski definition) is 1. The predicted molar refractivity (Wildman–Crippen MR) is 74.9 cm³/mol. The van der Waals surface area contributed by atoms with Crippen LogP contribution in [0.15, 0.2) is 36.5 Å². The average Bonchev–Trinajstić information content (AvgIpc) is 2.49. The number of benzene rings is 1. The molecule has 1 aromatic carbocycles. The molecule has 5 nitrogen and oxygen atoms in total. The lowest BCUT2D eigenvalue weighted by atomic mass is 10.1. The Labute approximate surface area is 112 Å². The number of nitrogens with two attached hydrogens (primary N) is 1. The minimum atomic E-state index is 0.307. The van der Waals surface area contributed by atoms with Gasteiger partial charge in [-0.05, 0) is 5.56 Å². The highest BCUT2D eigenvalue weighted by molar-refractivity contribution is 5.75. The van der Waals surface area contributed by atoms with E-state index in [0.717, 1.165) is 43.2 Å². The summed E-state index contributed by atoms with van der Waals surface area (Å²) in [5, 5.41) is 0. The summed E-state index contributed by atoms with van der Waals surface area (Å²) >= 11 is 0. The molecule has 1 aliphatic heterocycles. The normalized spacial score (nSPS) is 15.5. The second kappa shape index (κ2) is 5.24. The Hall–Kier alpha value is -2.14. The van der Waals surface area contributed by atoms with Gasteiger partial charge in [-0.3, -0.25) is 0 Å². The van der Waals surface area contributed by atoms with Crippen molar-refractivity contribution >= 4 is 11.8 Å². The number of rotatable bonds is 2. The molecule has 0 atom stereocenters. The van der Waals surface area contributed by atoms with E-state index in [-0.39, 0.29) is 0 Å². The molecule has 1 aromatic heterocycles. The number of aromatic nitrogens is 2. The Morgan fingerprint density at radius 2 is 1.84 bits per heavy atom. The molecule has 2 heterocycles. The van der Waals surface area contributed by atoms with E-state index in [0.29, 0.717) is 5.95 Å². The van der Waals surface area contributed by atoms with Crippen molar-refractivity contribution in [2.75, 3.05) is 36.9 Å². The molecule has 2 aromatic rings. The van der Waals surface area contributed by atoms with Crippen LogP contribution in [0.2, 0.25) is 0 Å². The van der Waals surface area contributed by atoms with Crippen LogP contribution >= 0.6 is 0 Å². The van der Waals surface area contributed by atoms with E-state index >= 15 is 0 Å². The summed E-state index contributed by atoms with van der Waals surface area (Å²) in [4.78, 5) is 10.7. The SMILES string of the molecule is Nc1ncc(-c2ccccc2)c(N2CCOCC2)n1. The molecule has 0 radical (unpaired) electrons. The Balaban J connectivity index is 2.04. The Kier molecular flexibility index (Phi) is 3.29. The molecular weight excluding hydrogens is 240 g/mol. The number of hydrogen-bond acceptors (Lipinski definition) is 5. The van der Waals surface area contributed by atoms with Gasteiger partial charge in [0.15, 0.2) is 0 Å². The number of nitrogen functional groups attached to an aromatic ring is 1. The molecular formula is C14H16N4O. The van der Waals surface area contributed by atoms with Gasteiger partial charge in [-0.2, -0.15) is 4.98 Å². The second-order valence-electron chi connectivity index (χ2n) is 4.43. The Morgan fingerprint density at radius 3 is 2.58 bits per heavy atom. The summed E-state index contributed by atoms with van der Waals surface area (Å²) in [6, 6.07) is 10.1. The van der Waals surface area contributed by atoms with E-state index in [4.69, 9.17) is 10.5 Å². The standard InChI is InChI=1S/C14H16N4O/c15-14-16-10-12(11-4-2-1-3-5-11)13(17-14)18-6-8-19-9-7-18/h1-5,10H,6-9H2,(H2,15,16,17). The van der Waals surface area contributed by atoms with Crippen LogP contribution in [0.25, 0.3) is 11.1 Å². The number of nitrogens with zero attached hydrogens (tertiary/aromatic N) is 3. The van der Waals surface area contributed by atoms with E-state index in [2.05, 4.69) is 27.0 Å². The van der Waals surface area contributed by atoms with Crippen molar-refractivity contribution in [2.24, 2.45) is 0 Å². The fraction of sp³-hybridized carbons (Fsp3) is 0.286. The zero-order chi connectivity index (χ0) is 13.1. The van der Waals surface area contributed by atoms with Crippen molar-refractivity contribution in [3.05, 3.63) is 36.5 Å². The maximum Gasteiger partial charge on any atom is 0.221 e. The van der Waals surface area contributed by atoms with Crippen molar-refractivity contribution < 1.29 is 4.74 Å². The number of ether oxygens (including phenoxy) is 1. The first-order valence-electron chi connectivity index (χ1n) is 6.35. The maximum atomic E-state index is 5.73. The van der Waals surface area contributed by atoms with E-state index in [1.807, 2.05) is 18.2 Å². The molecule has 1 saturated heterocycles. The van der Waals surface area contributed by atoms with Crippen molar-refractivity contribution in [3.63, 3.8) is 0 Å². The van der Waals surface area contributed by atoms with Crippen LogP contribution < -0.4 is 10.6 Å². The lowest BCUT2D eigenvalue weighted by Gasteiger charge is -2.29. The lowest BCUT2D eigenvalue weighted by molar-refractivity contribution is 0.122. The van der Waals surface area contributed by atoms with Crippen LogP contribution in [0.4, 0.5) is 11.8 Å². The Morgan fingerprint density at radius 1 is 1.11 bits per heavy atom. The van der Waals surface area contributed by atoms with Crippen LogP contribution in [0.1, 0.15) is 0 Å². The first kappa shape index (κ1) is 11.9. The molecule has 5 heteroatoms. The van der Waals surface area contributed by atoms with Gasteiger partial charge >= 0.3 is 0 Å². The molecule has 0 bridgehead atoms. The summed E-state index contributed by atoms with van der Waals surface area (Å²) in [5.41, 5.74) is 7.84. The number of morpholine rings is 1. The van der Waals surface area contributed by atoms with E-state index in [1.54, 1.807) is 6.20 Å². The van der Waals surface area contributed by atoms with Gasteiger partial charge in [-0.15, -0.1) is 0 Å². The predicted octanol–water partition coefficient (Wildman–Crippen LogP) is 1.56. The van der Waals surface area contributed by atoms with Gasteiger partial charge in [0.2, 0.25) is 5.95 Å². The largest absolute Gasteiger partial charge is 0.378 e. The molecule has 1 aliphatic rings. The quantitative estimate of drug-likeness (QED) is 0.883. The van der Waals surface area contributed by atoms with Crippen LogP contribution in [-0.4, -0.2) is 36.3 Å². The van der Waals surface area contributed by atoms with Gasteiger partial charge in [0, 0.05) is 24.8 Å². The molecule has 98 valence electrons. The number of anilines is 2. The van der Waals surface area contributed by atoms with Crippen LogP contribution in [0.5, 0.6) is 0 Å². The van der Waals surface area contributed by atoms with E-state index in [1.165, 1.54) is 0 Å². The third-order valence-electron chi connectivity index (χ3n) is 3.18. The third kappa shape index (κ3) is 2.51. The zero-order valence-corrected chi connectivity index (χ0v) is 10.6. The fourth-order valence-corrected chi connectivity index (χ4v) is 2.22. The van der Waals surface area contributed by atoms with Crippen molar-refractivity contribution in [1.82, 2.24) is 9.97 Å². The molecule has 19 heavy (non-hydrogen) atoms. The first-order chi connectivity index (χ1) is 9.34. The summed E-state index contributed by atoms with van der Waals surface area (Å²) in [6.45, 7) is 3.10. The molecule has 0 saturated carbocycles. The summed E-state index contributed by atoms with van der Waals surface area (Å²) in [5.74, 6) is 1.20. The van der Waals surface area contributed by atoms with Gasteiger partial charge < -0.3 is 15.4 Å². The molecule has 0 amide bonds. The van der Waals surface area contributed by atoms with Crippen molar-refractivity contribution in [2.45, 2.75) is 0 Å². The minimum Gasteiger partial charge on any atom is -0.378 e. The highest BCUT2D eigenvalue weighted by Crippen LogP contribution is 2.29. The fourth-order valence-electron chi connectivity index (χ4n) is 2.22. The van der Waals surface area contributed by atoms with Crippen molar-refractivity contribution in [3.8, 4) is 11.1 Å². The monoisotopic (exact) mass is 256 g/mol. The molecule has 3 rings (SSSR count). The van der Waals surface area contributed by atoms with Crippen LogP contribution in [0.3, 0.4) is 0 Å². The zero-order valence-electron chi connectivity index (χ0n) is 10.6. The Bertz CT molecular complexity index is 553. The van der Waals surface area contributed by atoms with Gasteiger partial charge in [0.05, 0.1) is 13.2 Å². The topological polar surface area (TPSA) is 64.3 Å². The first-order valence-corrected chi connectivity index (χ1v) is 6.35. The maximum absolute atomic E-state index is 5.73. The van der Waals surface area contributed by atoms with Gasteiger partial charge in [-0.25, -0.2) is 4.98 Å². The van der Waals surface area contributed by atoms with Gasteiger partial charge in [0.1, 0.15) is 5.82 Å². The highest BCUT2D eigenvalue weighted by atomic mass is 16.5. The molecule has 2 N–H and O–H groups in total. The average molecular weight is 256 g/mol. The third-order valence-corrected chi connectivity index (χ3v) is 3.18. The van der Waals surface area contributed by atoms with Gasteiger partial charge in [-0.1, -0.05) is 30.3 Å². The summed E-state index contributed by atoms with van der Waals surface area (Å²) < 4.78 is 5.38. The van der Waals surface area contributed by atoms with Gasteiger partial charge in [0.25, 0.3) is 0 Å². The van der Waals surface area contributed by atoms with Crippen LogP contribution in [-0.2, 0) is 4.74 Å². The van der Waals surface area contributed by atoms with Crippen LogP contribution in [0, 0.1) is 0 Å². The molecule has 1 fully saturated rings. The lowest BCUT2D eigenvalue weighted by Crippen LogP contribution is -2.37. The molecule has 0 spiro atoms. The smallest absolute Gasteiger partial charge is 0.221 e. The van der Waals surface area contributed by atoms with E-state index in [9.17, 15) is 0 Å². The highest BCUT2D eigenvalue weighted by Gasteiger charge is 2.17. The second-order valence-corrected chi connectivity index (χ2v) is 4.43. The minimum absolute atomic E-state index is 0.307. The summed E-state index contributed by atoms with van der Waals surface area (Å²) in [6.07, 6.45) is 1.79. The van der Waals surface area contributed by atoms with E-state index < -0.39 is 0 Å².